The van der Waals surface area contributed by atoms with E-state index in [4.69, 9.17) is 0 Å². The molecule has 1 heterocycles. The van der Waals surface area contributed by atoms with E-state index in [1.807, 2.05) is 0 Å². The SMILES string of the molecule is CCCNC(=O)CCCCCCCCCCCCCCCc1nnc[nH]1. The molecule has 0 unspecified atom stereocenters. The quantitative estimate of drug-likeness (QED) is 0.346. The number of nitrogens with one attached hydrogen (secondary N) is 2. The normalized spacial score (nSPS) is 11.0. The lowest BCUT2D eigenvalue weighted by atomic mass is 10.0. The predicted molar refractivity (Wildman–Crippen MR) is 108 cm³/mol. The van der Waals surface area contributed by atoms with Gasteiger partial charge in [0.1, 0.15) is 12.2 Å². The van der Waals surface area contributed by atoms with Gasteiger partial charge in [-0.25, -0.2) is 0 Å². The molecule has 2 N–H and O–H groups in total. The molecule has 1 amide bonds. The Morgan fingerprint density at radius 3 is 1.92 bits per heavy atom. The number of carbonyl (C=O) groups excluding carboxylic acids is 1. The van der Waals surface area contributed by atoms with Crippen LogP contribution in [0.3, 0.4) is 0 Å². The summed E-state index contributed by atoms with van der Waals surface area (Å²) in [7, 11) is 0. The van der Waals surface area contributed by atoms with Crippen LogP contribution in [0.1, 0.15) is 109 Å². The van der Waals surface area contributed by atoms with Crippen LogP contribution in [0.4, 0.5) is 0 Å². The minimum atomic E-state index is 0.227. The van der Waals surface area contributed by atoms with E-state index in [1.165, 1.54) is 77.0 Å². The van der Waals surface area contributed by atoms with Gasteiger partial charge >= 0.3 is 0 Å². The van der Waals surface area contributed by atoms with Gasteiger partial charge in [0.05, 0.1) is 0 Å². The number of aromatic amines is 1. The van der Waals surface area contributed by atoms with Gasteiger partial charge in [-0.05, 0) is 19.3 Å². The zero-order valence-corrected chi connectivity index (χ0v) is 16.9. The number of aryl methyl sites for hydroxylation is 1. The molecule has 5 heteroatoms. The Balaban J connectivity index is 1.70. The number of H-pyrrole nitrogens is 1. The number of unbranched alkanes of at least 4 members (excludes halogenated alkanes) is 12. The molecule has 0 aliphatic heterocycles. The lowest BCUT2D eigenvalue weighted by molar-refractivity contribution is -0.121. The van der Waals surface area contributed by atoms with Crippen molar-refractivity contribution in [1.29, 1.82) is 0 Å². The Morgan fingerprint density at radius 1 is 0.885 bits per heavy atom. The highest BCUT2D eigenvalue weighted by Crippen LogP contribution is 2.13. The predicted octanol–water partition coefficient (Wildman–Crippen LogP) is 5.33. The van der Waals surface area contributed by atoms with Gasteiger partial charge in [-0.2, -0.15) is 0 Å². The number of nitrogens with zero attached hydrogens (tertiary/aromatic N) is 2. The van der Waals surface area contributed by atoms with E-state index < -0.39 is 0 Å². The number of aromatic nitrogens is 3. The van der Waals surface area contributed by atoms with Gasteiger partial charge in [0, 0.05) is 19.4 Å². The second kappa shape index (κ2) is 17.0. The summed E-state index contributed by atoms with van der Waals surface area (Å²) in [5.41, 5.74) is 0. The average molecular weight is 365 g/mol. The van der Waals surface area contributed by atoms with Crippen LogP contribution in [0.2, 0.25) is 0 Å². The lowest BCUT2D eigenvalue weighted by Gasteiger charge is -2.04. The van der Waals surface area contributed by atoms with Crippen LogP contribution in [-0.4, -0.2) is 27.6 Å². The summed E-state index contributed by atoms with van der Waals surface area (Å²) in [6.45, 7) is 2.91. The Bertz CT molecular complexity index is 420. The van der Waals surface area contributed by atoms with E-state index in [0.29, 0.717) is 6.42 Å². The molecule has 0 radical (unpaired) electrons. The standard InChI is InChI=1S/C21H40N4O/c1-2-18-22-21(26)17-15-13-11-9-7-5-3-4-6-8-10-12-14-16-20-23-19-24-25-20/h19H,2-18H2,1H3,(H,22,26)(H,23,24,25). The van der Waals surface area contributed by atoms with Crippen LogP contribution in [0.25, 0.3) is 0 Å². The summed E-state index contributed by atoms with van der Waals surface area (Å²) in [5, 5.41) is 10.8. The first kappa shape index (κ1) is 22.7. The summed E-state index contributed by atoms with van der Waals surface area (Å²) in [4.78, 5) is 14.5. The molecule has 0 atom stereocenters. The number of rotatable bonds is 18. The molecule has 0 spiro atoms. The number of amides is 1. The molecule has 0 saturated heterocycles. The van der Waals surface area contributed by atoms with Gasteiger partial charge in [-0.15, -0.1) is 10.2 Å². The van der Waals surface area contributed by atoms with Crippen molar-refractivity contribution in [2.75, 3.05) is 6.54 Å². The maximum absolute atomic E-state index is 11.5. The average Bonchev–Trinajstić information content (AvgIpc) is 3.16. The van der Waals surface area contributed by atoms with Crippen LogP contribution in [0.5, 0.6) is 0 Å². The monoisotopic (exact) mass is 364 g/mol. The molecule has 1 aromatic heterocycles. The maximum Gasteiger partial charge on any atom is 0.219 e. The summed E-state index contributed by atoms with van der Waals surface area (Å²) >= 11 is 0. The van der Waals surface area contributed by atoms with Gasteiger partial charge in [0.2, 0.25) is 5.91 Å². The van der Waals surface area contributed by atoms with Crippen molar-refractivity contribution in [3.8, 4) is 0 Å². The van der Waals surface area contributed by atoms with Crippen molar-refractivity contribution < 1.29 is 4.79 Å². The summed E-state index contributed by atoms with van der Waals surface area (Å²) in [6, 6.07) is 0. The first-order valence-corrected chi connectivity index (χ1v) is 10.9. The summed E-state index contributed by atoms with van der Waals surface area (Å²) in [6.07, 6.45) is 21.4. The van der Waals surface area contributed by atoms with Crippen molar-refractivity contribution in [3.05, 3.63) is 12.2 Å². The minimum Gasteiger partial charge on any atom is -0.356 e. The highest BCUT2D eigenvalue weighted by Gasteiger charge is 2.00. The fraction of sp³-hybridized carbons (Fsp3) is 0.857. The Hall–Kier alpha value is -1.39. The maximum atomic E-state index is 11.5. The Labute approximate surface area is 160 Å². The van der Waals surface area contributed by atoms with Crippen molar-refractivity contribution in [3.63, 3.8) is 0 Å². The number of carbonyl (C=O) groups is 1. The molecule has 0 bridgehead atoms. The molecule has 1 aromatic rings. The molecule has 26 heavy (non-hydrogen) atoms. The van der Waals surface area contributed by atoms with E-state index in [2.05, 4.69) is 27.4 Å². The number of hydrogen-bond acceptors (Lipinski definition) is 3. The fourth-order valence-electron chi connectivity index (χ4n) is 3.23. The highest BCUT2D eigenvalue weighted by molar-refractivity contribution is 5.75. The van der Waals surface area contributed by atoms with E-state index in [1.54, 1.807) is 6.33 Å². The van der Waals surface area contributed by atoms with Crippen molar-refractivity contribution >= 4 is 5.91 Å². The zero-order chi connectivity index (χ0) is 18.7. The fourth-order valence-corrected chi connectivity index (χ4v) is 3.23. The van der Waals surface area contributed by atoms with Gasteiger partial charge < -0.3 is 10.3 Å². The molecule has 0 saturated carbocycles. The van der Waals surface area contributed by atoms with Crippen LogP contribution in [-0.2, 0) is 11.2 Å². The second-order valence-corrected chi connectivity index (χ2v) is 7.38. The molecule has 0 fully saturated rings. The van der Waals surface area contributed by atoms with Crippen LogP contribution in [0.15, 0.2) is 6.33 Å². The second-order valence-electron chi connectivity index (χ2n) is 7.38. The van der Waals surface area contributed by atoms with Crippen molar-refractivity contribution in [2.45, 2.75) is 110 Å². The molecule has 5 nitrogen and oxygen atoms in total. The van der Waals surface area contributed by atoms with Gasteiger partial charge in [-0.1, -0.05) is 77.6 Å². The third-order valence-corrected chi connectivity index (χ3v) is 4.86. The van der Waals surface area contributed by atoms with Gasteiger partial charge in [0.25, 0.3) is 0 Å². The van der Waals surface area contributed by atoms with Gasteiger partial charge in [0.15, 0.2) is 0 Å². The van der Waals surface area contributed by atoms with E-state index in [9.17, 15) is 4.79 Å². The molecular formula is C21H40N4O. The van der Waals surface area contributed by atoms with Crippen molar-refractivity contribution in [1.82, 2.24) is 20.5 Å². The van der Waals surface area contributed by atoms with E-state index in [0.717, 1.165) is 31.6 Å². The highest BCUT2D eigenvalue weighted by atomic mass is 16.1. The Morgan fingerprint density at radius 2 is 1.42 bits per heavy atom. The van der Waals surface area contributed by atoms with Crippen LogP contribution < -0.4 is 5.32 Å². The smallest absolute Gasteiger partial charge is 0.219 e. The largest absolute Gasteiger partial charge is 0.356 e. The van der Waals surface area contributed by atoms with Crippen LogP contribution >= 0.6 is 0 Å². The van der Waals surface area contributed by atoms with E-state index >= 15 is 0 Å². The molecule has 0 aliphatic carbocycles. The lowest BCUT2D eigenvalue weighted by Crippen LogP contribution is -2.23. The summed E-state index contributed by atoms with van der Waals surface area (Å²) < 4.78 is 0. The van der Waals surface area contributed by atoms with Crippen molar-refractivity contribution in [2.24, 2.45) is 0 Å². The van der Waals surface area contributed by atoms with E-state index in [-0.39, 0.29) is 5.91 Å². The first-order chi connectivity index (χ1) is 12.8. The van der Waals surface area contributed by atoms with Gasteiger partial charge in [-0.3, -0.25) is 4.79 Å². The summed E-state index contributed by atoms with van der Waals surface area (Å²) in [5.74, 6) is 1.24. The number of hydrogen-bond donors (Lipinski definition) is 2. The molecule has 150 valence electrons. The third kappa shape index (κ3) is 13.9. The molecular weight excluding hydrogens is 324 g/mol. The first-order valence-electron chi connectivity index (χ1n) is 10.9. The topological polar surface area (TPSA) is 70.7 Å². The Kier molecular flexibility index (Phi) is 14.8. The molecule has 0 aliphatic rings. The zero-order valence-electron chi connectivity index (χ0n) is 16.9. The third-order valence-electron chi connectivity index (χ3n) is 4.86. The molecule has 1 rings (SSSR count). The minimum absolute atomic E-state index is 0.227. The molecule has 0 aromatic carbocycles. The van der Waals surface area contributed by atoms with Crippen LogP contribution in [0, 0.1) is 0 Å².